The number of halogens is 1. The van der Waals surface area contributed by atoms with Crippen LogP contribution in [0.4, 0.5) is 0 Å². The zero-order chi connectivity index (χ0) is 11.1. The summed E-state index contributed by atoms with van der Waals surface area (Å²) in [6, 6.07) is 7.46. The first-order valence-electron chi connectivity index (χ1n) is 4.61. The maximum absolute atomic E-state index is 10.8. The molecule has 0 atom stereocenters. The van der Waals surface area contributed by atoms with E-state index in [1.807, 2.05) is 24.3 Å². The molecule has 0 radical (unpaired) electrons. The molecule has 0 unspecified atom stereocenters. The number of methoxy groups -OCH3 is 1. The van der Waals surface area contributed by atoms with Gasteiger partial charge in [0.2, 0.25) is 0 Å². The van der Waals surface area contributed by atoms with E-state index in [9.17, 15) is 4.79 Å². The van der Waals surface area contributed by atoms with E-state index in [0.717, 1.165) is 11.3 Å². The van der Waals surface area contributed by atoms with Crippen LogP contribution in [-0.4, -0.2) is 19.7 Å². The Labute approximate surface area is 93.9 Å². The SMILES string of the molecule is COC(=O)CCOc1cccc(CCl)c1. The van der Waals surface area contributed by atoms with Crippen molar-refractivity contribution in [3.8, 4) is 5.75 Å². The van der Waals surface area contributed by atoms with Gasteiger partial charge in [0.1, 0.15) is 5.75 Å². The van der Waals surface area contributed by atoms with Gasteiger partial charge in [0.05, 0.1) is 20.1 Å². The van der Waals surface area contributed by atoms with Crippen molar-refractivity contribution in [3.63, 3.8) is 0 Å². The largest absolute Gasteiger partial charge is 0.493 e. The quantitative estimate of drug-likeness (QED) is 0.573. The lowest BCUT2D eigenvalue weighted by Crippen LogP contribution is -2.07. The van der Waals surface area contributed by atoms with E-state index in [1.54, 1.807) is 0 Å². The number of carbonyl (C=O) groups excluding carboxylic acids is 1. The van der Waals surface area contributed by atoms with Crippen LogP contribution < -0.4 is 4.74 Å². The third kappa shape index (κ3) is 4.21. The predicted octanol–water partition coefficient (Wildman–Crippen LogP) is 2.37. The summed E-state index contributed by atoms with van der Waals surface area (Å²) in [6.07, 6.45) is 0.252. The fraction of sp³-hybridized carbons (Fsp3) is 0.364. The molecule has 0 spiro atoms. The highest BCUT2D eigenvalue weighted by Crippen LogP contribution is 2.14. The van der Waals surface area contributed by atoms with Gasteiger partial charge >= 0.3 is 5.97 Å². The average molecular weight is 229 g/mol. The zero-order valence-corrected chi connectivity index (χ0v) is 9.29. The Morgan fingerprint density at radius 2 is 2.27 bits per heavy atom. The highest BCUT2D eigenvalue weighted by molar-refractivity contribution is 6.17. The molecular weight excluding hydrogens is 216 g/mol. The first kappa shape index (κ1) is 11.9. The minimum absolute atomic E-state index is 0.252. The number of hydrogen-bond donors (Lipinski definition) is 0. The van der Waals surface area contributed by atoms with Crippen LogP contribution in [0, 0.1) is 0 Å². The summed E-state index contributed by atoms with van der Waals surface area (Å²) in [4.78, 5) is 10.8. The minimum Gasteiger partial charge on any atom is -0.493 e. The summed E-state index contributed by atoms with van der Waals surface area (Å²) < 4.78 is 9.85. The number of esters is 1. The molecule has 0 saturated heterocycles. The van der Waals surface area contributed by atoms with Crippen molar-refractivity contribution in [2.75, 3.05) is 13.7 Å². The van der Waals surface area contributed by atoms with Crippen LogP contribution in [0.15, 0.2) is 24.3 Å². The summed E-state index contributed by atoms with van der Waals surface area (Å²) in [5.41, 5.74) is 0.993. The highest BCUT2D eigenvalue weighted by atomic mass is 35.5. The Hall–Kier alpha value is -1.22. The summed E-state index contributed by atoms with van der Waals surface area (Å²) in [5.74, 6) is 0.898. The van der Waals surface area contributed by atoms with Crippen molar-refractivity contribution in [2.45, 2.75) is 12.3 Å². The molecule has 0 saturated carbocycles. The van der Waals surface area contributed by atoms with Gasteiger partial charge in [-0.1, -0.05) is 12.1 Å². The van der Waals surface area contributed by atoms with Gasteiger partial charge in [0.15, 0.2) is 0 Å². The van der Waals surface area contributed by atoms with Crippen LogP contribution in [-0.2, 0) is 15.4 Å². The smallest absolute Gasteiger partial charge is 0.308 e. The highest BCUT2D eigenvalue weighted by Gasteiger charge is 2.01. The van der Waals surface area contributed by atoms with Crippen LogP contribution in [0.3, 0.4) is 0 Å². The first-order chi connectivity index (χ1) is 7.26. The molecule has 1 rings (SSSR count). The Balaban J connectivity index is 2.40. The molecule has 4 heteroatoms. The Kier molecular flexibility index (Phi) is 4.98. The van der Waals surface area contributed by atoms with E-state index >= 15 is 0 Å². The molecule has 1 aromatic carbocycles. The molecule has 82 valence electrons. The number of alkyl halides is 1. The van der Waals surface area contributed by atoms with E-state index in [1.165, 1.54) is 7.11 Å². The molecule has 0 aliphatic heterocycles. The van der Waals surface area contributed by atoms with Gasteiger partial charge in [-0.05, 0) is 17.7 Å². The summed E-state index contributed by atoms with van der Waals surface area (Å²) in [7, 11) is 1.36. The molecular formula is C11H13ClO3. The van der Waals surface area contributed by atoms with Gasteiger partial charge in [-0.3, -0.25) is 4.79 Å². The second-order valence-corrected chi connectivity index (χ2v) is 3.22. The molecule has 0 heterocycles. The second kappa shape index (κ2) is 6.30. The van der Waals surface area contributed by atoms with Crippen LogP contribution in [0.25, 0.3) is 0 Å². The van der Waals surface area contributed by atoms with Crippen molar-refractivity contribution >= 4 is 17.6 Å². The third-order valence-corrected chi connectivity index (χ3v) is 2.16. The molecule has 0 aromatic heterocycles. The van der Waals surface area contributed by atoms with Crippen molar-refractivity contribution in [3.05, 3.63) is 29.8 Å². The van der Waals surface area contributed by atoms with Crippen molar-refractivity contribution < 1.29 is 14.3 Å². The Morgan fingerprint density at radius 3 is 2.93 bits per heavy atom. The van der Waals surface area contributed by atoms with Gasteiger partial charge < -0.3 is 9.47 Å². The first-order valence-corrected chi connectivity index (χ1v) is 5.14. The van der Waals surface area contributed by atoms with E-state index in [-0.39, 0.29) is 12.4 Å². The molecule has 0 bridgehead atoms. The Morgan fingerprint density at radius 1 is 1.47 bits per heavy atom. The van der Waals surface area contributed by atoms with Crippen molar-refractivity contribution in [2.24, 2.45) is 0 Å². The molecule has 0 aliphatic rings. The molecule has 0 fully saturated rings. The van der Waals surface area contributed by atoms with Crippen LogP contribution in [0.5, 0.6) is 5.75 Å². The molecule has 0 N–H and O–H groups in total. The standard InChI is InChI=1S/C11H13ClO3/c1-14-11(13)5-6-15-10-4-2-3-9(7-10)8-12/h2-4,7H,5-6,8H2,1H3. The topological polar surface area (TPSA) is 35.5 Å². The van der Waals surface area contributed by atoms with E-state index in [0.29, 0.717) is 12.5 Å². The molecule has 0 aliphatic carbocycles. The number of benzene rings is 1. The summed E-state index contributed by atoms with van der Waals surface area (Å²) in [5, 5.41) is 0. The van der Waals surface area contributed by atoms with Crippen LogP contribution in [0.2, 0.25) is 0 Å². The normalized spacial score (nSPS) is 9.73. The summed E-state index contributed by atoms with van der Waals surface area (Å²) >= 11 is 5.68. The monoisotopic (exact) mass is 228 g/mol. The average Bonchev–Trinajstić information content (AvgIpc) is 2.29. The molecule has 0 amide bonds. The van der Waals surface area contributed by atoms with Gasteiger partial charge in [0, 0.05) is 5.88 Å². The van der Waals surface area contributed by atoms with Gasteiger partial charge in [0.25, 0.3) is 0 Å². The maximum atomic E-state index is 10.8. The molecule has 15 heavy (non-hydrogen) atoms. The van der Waals surface area contributed by atoms with Crippen molar-refractivity contribution in [1.29, 1.82) is 0 Å². The number of carbonyl (C=O) groups is 1. The zero-order valence-electron chi connectivity index (χ0n) is 8.53. The lowest BCUT2D eigenvalue weighted by Gasteiger charge is -2.06. The van der Waals surface area contributed by atoms with Gasteiger partial charge in [-0.15, -0.1) is 11.6 Å². The van der Waals surface area contributed by atoms with E-state index < -0.39 is 0 Å². The van der Waals surface area contributed by atoms with E-state index in [4.69, 9.17) is 16.3 Å². The van der Waals surface area contributed by atoms with Gasteiger partial charge in [-0.25, -0.2) is 0 Å². The number of ether oxygens (including phenoxy) is 2. The van der Waals surface area contributed by atoms with Crippen LogP contribution >= 0.6 is 11.6 Å². The second-order valence-electron chi connectivity index (χ2n) is 2.96. The third-order valence-electron chi connectivity index (χ3n) is 1.86. The lowest BCUT2D eigenvalue weighted by molar-refractivity contribution is -0.141. The fourth-order valence-electron chi connectivity index (χ4n) is 1.07. The Bertz CT molecular complexity index is 325. The van der Waals surface area contributed by atoms with Gasteiger partial charge in [-0.2, -0.15) is 0 Å². The minimum atomic E-state index is -0.275. The molecule has 3 nitrogen and oxygen atoms in total. The van der Waals surface area contributed by atoms with E-state index in [2.05, 4.69) is 4.74 Å². The van der Waals surface area contributed by atoms with Crippen LogP contribution in [0.1, 0.15) is 12.0 Å². The predicted molar refractivity (Wildman–Crippen MR) is 58.1 cm³/mol. The maximum Gasteiger partial charge on any atom is 0.308 e. The number of hydrogen-bond acceptors (Lipinski definition) is 3. The molecule has 1 aromatic rings. The fourth-order valence-corrected chi connectivity index (χ4v) is 1.24. The van der Waals surface area contributed by atoms with Crippen molar-refractivity contribution in [1.82, 2.24) is 0 Å². The summed E-state index contributed by atoms with van der Waals surface area (Å²) in [6.45, 7) is 0.318. The lowest BCUT2D eigenvalue weighted by atomic mass is 10.2. The number of rotatable bonds is 5.